The van der Waals surface area contributed by atoms with Crippen molar-refractivity contribution in [2.45, 2.75) is 12.8 Å². The van der Waals surface area contributed by atoms with Crippen LogP contribution in [-0.2, 0) is 9.59 Å². The molecular weight excluding hydrogens is 318 g/mol. The van der Waals surface area contributed by atoms with Crippen molar-refractivity contribution in [3.05, 3.63) is 24.3 Å². The van der Waals surface area contributed by atoms with E-state index in [-0.39, 0.29) is 36.7 Å². The first-order chi connectivity index (χ1) is 10.7. The SMILES string of the molecule is Cl.O=C(Nc1cccc(OCC(=O)N2CCNCC2)c1)C1CC1. The predicted octanol–water partition coefficient (Wildman–Crippen LogP) is 1.27. The third-order valence-corrected chi connectivity index (χ3v) is 3.88. The van der Waals surface area contributed by atoms with Crippen LogP contribution in [0.3, 0.4) is 0 Å². The summed E-state index contributed by atoms with van der Waals surface area (Å²) in [5.41, 5.74) is 0.712. The molecule has 1 aromatic rings. The lowest BCUT2D eigenvalue weighted by Crippen LogP contribution is -2.47. The number of halogens is 1. The topological polar surface area (TPSA) is 70.7 Å². The zero-order valence-electron chi connectivity index (χ0n) is 12.9. The highest BCUT2D eigenvalue weighted by atomic mass is 35.5. The Balaban J connectivity index is 0.00000192. The molecule has 2 fully saturated rings. The van der Waals surface area contributed by atoms with E-state index in [9.17, 15) is 9.59 Å². The van der Waals surface area contributed by atoms with Crippen molar-refractivity contribution in [3.8, 4) is 5.75 Å². The van der Waals surface area contributed by atoms with Crippen molar-refractivity contribution in [2.75, 3.05) is 38.1 Å². The molecule has 0 spiro atoms. The van der Waals surface area contributed by atoms with Gasteiger partial charge in [-0.1, -0.05) is 6.07 Å². The van der Waals surface area contributed by atoms with Gasteiger partial charge in [0.2, 0.25) is 5.91 Å². The standard InChI is InChI=1S/C16H21N3O3.ClH/c20-15(19-8-6-17-7-9-19)11-22-14-3-1-2-13(10-14)18-16(21)12-4-5-12;/h1-3,10,12,17H,4-9,11H2,(H,18,21);1H. The van der Waals surface area contributed by atoms with Crippen LogP contribution < -0.4 is 15.4 Å². The number of hydrogen-bond donors (Lipinski definition) is 2. The third-order valence-electron chi connectivity index (χ3n) is 3.88. The largest absolute Gasteiger partial charge is 0.484 e. The number of rotatable bonds is 5. The molecule has 2 N–H and O–H groups in total. The van der Waals surface area contributed by atoms with Gasteiger partial charge in [0.15, 0.2) is 6.61 Å². The monoisotopic (exact) mass is 339 g/mol. The molecule has 7 heteroatoms. The van der Waals surface area contributed by atoms with E-state index < -0.39 is 0 Å². The molecule has 2 aliphatic rings. The molecule has 1 aliphatic carbocycles. The highest BCUT2D eigenvalue weighted by molar-refractivity contribution is 5.94. The molecule has 1 aliphatic heterocycles. The molecule has 6 nitrogen and oxygen atoms in total. The molecule has 2 amide bonds. The maximum atomic E-state index is 12.0. The Morgan fingerprint density at radius 1 is 1.26 bits per heavy atom. The lowest BCUT2D eigenvalue weighted by molar-refractivity contribution is -0.133. The van der Waals surface area contributed by atoms with E-state index in [1.807, 2.05) is 12.1 Å². The fourth-order valence-corrected chi connectivity index (χ4v) is 2.40. The van der Waals surface area contributed by atoms with Crippen molar-refractivity contribution in [3.63, 3.8) is 0 Å². The van der Waals surface area contributed by atoms with E-state index in [1.54, 1.807) is 17.0 Å². The second kappa shape index (κ2) is 8.17. The minimum Gasteiger partial charge on any atom is -0.484 e. The summed E-state index contributed by atoms with van der Waals surface area (Å²) in [5, 5.41) is 6.08. The molecule has 0 radical (unpaired) electrons. The van der Waals surface area contributed by atoms with Gasteiger partial charge in [-0.05, 0) is 25.0 Å². The van der Waals surface area contributed by atoms with Gasteiger partial charge < -0.3 is 20.3 Å². The van der Waals surface area contributed by atoms with Gasteiger partial charge in [-0.2, -0.15) is 0 Å². The van der Waals surface area contributed by atoms with Gasteiger partial charge in [-0.3, -0.25) is 9.59 Å². The van der Waals surface area contributed by atoms with Crippen molar-refractivity contribution < 1.29 is 14.3 Å². The number of nitrogens with zero attached hydrogens (tertiary/aromatic N) is 1. The quantitative estimate of drug-likeness (QED) is 0.847. The van der Waals surface area contributed by atoms with E-state index in [0.717, 1.165) is 39.0 Å². The zero-order valence-corrected chi connectivity index (χ0v) is 13.7. The summed E-state index contributed by atoms with van der Waals surface area (Å²) in [5.74, 6) is 0.818. The van der Waals surface area contributed by atoms with Crippen LogP contribution in [0.4, 0.5) is 5.69 Å². The van der Waals surface area contributed by atoms with E-state index in [1.165, 1.54) is 0 Å². The fraction of sp³-hybridized carbons (Fsp3) is 0.500. The minimum atomic E-state index is -0.00563. The van der Waals surface area contributed by atoms with Crippen molar-refractivity contribution in [1.82, 2.24) is 10.2 Å². The normalized spacial score (nSPS) is 17.1. The van der Waals surface area contributed by atoms with Gasteiger partial charge in [-0.15, -0.1) is 12.4 Å². The summed E-state index contributed by atoms with van der Waals surface area (Å²) >= 11 is 0. The maximum Gasteiger partial charge on any atom is 0.260 e. The van der Waals surface area contributed by atoms with E-state index >= 15 is 0 Å². The summed E-state index contributed by atoms with van der Waals surface area (Å²) in [6.07, 6.45) is 1.95. The van der Waals surface area contributed by atoms with Gasteiger partial charge in [0.25, 0.3) is 5.91 Å². The van der Waals surface area contributed by atoms with Crippen molar-refractivity contribution >= 4 is 29.9 Å². The lowest BCUT2D eigenvalue weighted by atomic mass is 10.3. The first-order valence-electron chi connectivity index (χ1n) is 7.74. The number of piperazine rings is 1. The van der Waals surface area contributed by atoms with Crippen LogP contribution in [0.2, 0.25) is 0 Å². The summed E-state index contributed by atoms with van der Waals surface area (Å²) in [6.45, 7) is 3.13. The number of benzene rings is 1. The second-order valence-electron chi connectivity index (χ2n) is 5.71. The molecule has 23 heavy (non-hydrogen) atoms. The molecule has 0 unspecified atom stereocenters. The molecule has 1 saturated carbocycles. The Kier molecular flexibility index (Phi) is 6.24. The first-order valence-corrected chi connectivity index (χ1v) is 7.74. The number of ether oxygens (including phenoxy) is 1. The van der Waals surface area contributed by atoms with Crippen LogP contribution in [-0.4, -0.2) is 49.5 Å². The molecule has 0 aromatic heterocycles. The third kappa shape index (κ3) is 5.11. The average Bonchev–Trinajstić information content (AvgIpc) is 3.39. The molecule has 1 aromatic carbocycles. The van der Waals surface area contributed by atoms with Gasteiger partial charge in [0.05, 0.1) is 0 Å². The average molecular weight is 340 g/mol. The highest BCUT2D eigenvalue weighted by Gasteiger charge is 2.29. The number of anilines is 1. The first kappa shape index (κ1) is 17.6. The molecule has 1 heterocycles. The van der Waals surface area contributed by atoms with Crippen LogP contribution in [0.25, 0.3) is 0 Å². The van der Waals surface area contributed by atoms with Gasteiger partial charge in [0, 0.05) is 43.9 Å². The van der Waals surface area contributed by atoms with Crippen LogP contribution in [0, 0.1) is 5.92 Å². The lowest BCUT2D eigenvalue weighted by Gasteiger charge is -2.27. The Morgan fingerprint density at radius 3 is 2.70 bits per heavy atom. The molecule has 0 bridgehead atoms. The smallest absolute Gasteiger partial charge is 0.260 e. The summed E-state index contributed by atoms with van der Waals surface area (Å²) in [4.78, 5) is 25.6. The van der Waals surface area contributed by atoms with Crippen LogP contribution in [0.15, 0.2) is 24.3 Å². The van der Waals surface area contributed by atoms with Gasteiger partial charge >= 0.3 is 0 Å². The number of hydrogen-bond acceptors (Lipinski definition) is 4. The Morgan fingerprint density at radius 2 is 2.00 bits per heavy atom. The number of amides is 2. The summed E-state index contributed by atoms with van der Waals surface area (Å²) in [6, 6.07) is 7.18. The zero-order chi connectivity index (χ0) is 15.4. The maximum absolute atomic E-state index is 12.0. The highest BCUT2D eigenvalue weighted by Crippen LogP contribution is 2.30. The molecule has 3 rings (SSSR count). The number of nitrogens with one attached hydrogen (secondary N) is 2. The van der Waals surface area contributed by atoms with E-state index in [4.69, 9.17) is 4.74 Å². The summed E-state index contributed by atoms with van der Waals surface area (Å²) in [7, 11) is 0. The minimum absolute atomic E-state index is 0. The van der Waals surface area contributed by atoms with E-state index in [2.05, 4.69) is 10.6 Å². The Labute approximate surface area is 142 Å². The van der Waals surface area contributed by atoms with Crippen LogP contribution in [0.5, 0.6) is 5.75 Å². The Hall–Kier alpha value is -1.79. The van der Waals surface area contributed by atoms with Crippen LogP contribution in [0.1, 0.15) is 12.8 Å². The van der Waals surface area contributed by atoms with Gasteiger partial charge in [-0.25, -0.2) is 0 Å². The number of carbonyl (C=O) groups excluding carboxylic acids is 2. The van der Waals surface area contributed by atoms with Crippen molar-refractivity contribution in [1.29, 1.82) is 0 Å². The van der Waals surface area contributed by atoms with Crippen LogP contribution >= 0.6 is 12.4 Å². The fourth-order valence-electron chi connectivity index (χ4n) is 2.40. The molecule has 0 atom stereocenters. The molecular formula is C16H22ClN3O3. The van der Waals surface area contributed by atoms with Crippen molar-refractivity contribution in [2.24, 2.45) is 5.92 Å². The molecule has 1 saturated heterocycles. The second-order valence-corrected chi connectivity index (χ2v) is 5.71. The Bertz CT molecular complexity index is 557. The van der Waals surface area contributed by atoms with Gasteiger partial charge in [0.1, 0.15) is 5.75 Å². The summed E-state index contributed by atoms with van der Waals surface area (Å²) < 4.78 is 5.56. The van der Waals surface area contributed by atoms with E-state index in [0.29, 0.717) is 11.4 Å². The molecule has 126 valence electrons. The predicted molar refractivity (Wildman–Crippen MR) is 90.0 cm³/mol. The number of carbonyl (C=O) groups is 2.